The smallest absolute Gasteiger partial charge is 0.407 e. The normalized spacial score (nSPS) is 11.7. The van der Waals surface area contributed by atoms with E-state index in [1.807, 2.05) is 54.7 Å². The molecule has 0 saturated carbocycles. The number of nitrogens with two attached hydrogens (primary N) is 1. The lowest BCUT2D eigenvalue weighted by atomic mass is 10.1. The number of aromatic nitrogens is 2. The zero-order chi connectivity index (χ0) is 25.4. The van der Waals surface area contributed by atoms with Crippen LogP contribution in [0.5, 0.6) is 0 Å². The standard InChI is InChI=1S/C14H16N2O4.C11H12N2O2.2ClH/c1-2-20-14(19)16-12(13(17)18)7-9-8-15-11-6-4-3-5-10(9)11;12-9(11(14)15)5-7-6-13-10-4-2-1-3-8(7)10;;/h3-6,8,12,15H,2,7H2,1H3,(H,16,19)(H,17,18);1-4,6,9,13H,5,12H2,(H,14,15);2*1H/t12-;9-;;/m00../s1. The quantitative estimate of drug-likeness (QED) is 0.192. The molecule has 0 bridgehead atoms. The first-order chi connectivity index (χ1) is 16.8. The molecule has 2 atom stereocenters. The maximum absolute atomic E-state index is 11.3. The number of carbonyl (C=O) groups excluding carboxylic acids is 1. The summed E-state index contributed by atoms with van der Waals surface area (Å²) in [4.78, 5) is 39.4. The van der Waals surface area contributed by atoms with Crippen LogP contribution in [0.1, 0.15) is 18.1 Å². The van der Waals surface area contributed by atoms with Gasteiger partial charge in [0.15, 0.2) is 0 Å². The molecule has 2 heterocycles. The summed E-state index contributed by atoms with van der Waals surface area (Å²) in [6, 6.07) is 13.5. The van der Waals surface area contributed by atoms with Gasteiger partial charge in [0.1, 0.15) is 12.1 Å². The van der Waals surface area contributed by atoms with Crippen LogP contribution in [0.4, 0.5) is 4.79 Å². The van der Waals surface area contributed by atoms with Crippen LogP contribution >= 0.6 is 24.8 Å². The third kappa shape index (κ3) is 8.42. The second-order valence-corrected chi connectivity index (χ2v) is 7.83. The van der Waals surface area contributed by atoms with Crippen LogP contribution in [0, 0.1) is 0 Å². The van der Waals surface area contributed by atoms with Gasteiger partial charge in [-0.05, 0) is 30.2 Å². The predicted molar refractivity (Wildman–Crippen MR) is 146 cm³/mol. The van der Waals surface area contributed by atoms with Crippen molar-refractivity contribution in [2.45, 2.75) is 31.8 Å². The molecule has 4 aromatic rings. The van der Waals surface area contributed by atoms with E-state index in [1.165, 1.54) is 0 Å². The molecule has 0 unspecified atom stereocenters. The Balaban J connectivity index is 0.000000363. The van der Waals surface area contributed by atoms with E-state index in [0.717, 1.165) is 32.9 Å². The van der Waals surface area contributed by atoms with Crippen molar-refractivity contribution in [3.63, 3.8) is 0 Å². The van der Waals surface area contributed by atoms with E-state index in [9.17, 15) is 19.5 Å². The summed E-state index contributed by atoms with van der Waals surface area (Å²) < 4.78 is 4.71. The zero-order valence-electron chi connectivity index (χ0n) is 20.0. The minimum atomic E-state index is -1.09. The number of benzene rings is 2. The summed E-state index contributed by atoms with van der Waals surface area (Å²) in [6.45, 7) is 1.86. The van der Waals surface area contributed by atoms with E-state index in [4.69, 9.17) is 15.6 Å². The van der Waals surface area contributed by atoms with Crippen LogP contribution in [-0.2, 0) is 27.2 Å². The van der Waals surface area contributed by atoms with Crippen molar-refractivity contribution in [1.82, 2.24) is 15.3 Å². The summed E-state index contributed by atoms with van der Waals surface area (Å²) in [5.74, 6) is -2.07. The minimum absolute atomic E-state index is 0. The van der Waals surface area contributed by atoms with E-state index < -0.39 is 30.1 Å². The van der Waals surface area contributed by atoms with Gasteiger partial charge in [-0.15, -0.1) is 24.8 Å². The van der Waals surface area contributed by atoms with Gasteiger partial charge < -0.3 is 36.0 Å². The third-order valence-corrected chi connectivity index (χ3v) is 5.40. The lowest BCUT2D eigenvalue weighted by Gasteiger charge is -2.13. The molecule has 2 aromatic heterocycles. The van der Waals surface area contributed by atoms with Crippen LogP contribution in [0.3, 0.4) is 0 Å². The molecule has 0 aliphatic carbocycles. The maximum Gasteiger partial charge on any atom is 0.407 e. The number of carboxylic acids is 2. The van der Waals surface area contributed by atoms with Crippen LogP contribution in [-0.4, -0.2) is 56.9 Å². The number of rotatable bonds is 8. The molecule has 4 rings (SSSR count). The number of para-hydroxylation sites is 2. The fourth-order valence-corrected chi connectivity index (χ4v) is 3.66. The number of H-pyrrole nitrogens is 2. The van der Waals surface area contributed by atoms with Gasteiger partial charge in [0.05, 0.1) is 6.61 Å². The molecule has 0 radical (unpaired) electrons. The van der Waals surface area contributed by atoms with Crippen molar-refractivity contribution in [2.75, 3.05) is 6.61 Å². The largest absolute Gasteiger partial charge is 0.480 e. The van der Waals surface area contributed by atoms with Gasteiger partial charge in [-0.1, -0.05) is 36.4 Å². The Labute approximate surface area is 225 Å². The molecule has 1 amide bonds. The van der Waals surface area contributed by atoms with Crippen molar-refractivity contribution in [2.24, 2.45) is 5.73 Å². The third-order valence-electron chi connectivity index (χ3n) is 5.40. The van der Waals surface area contributed by atoms with E-state index in [2.05, 4.69) is 15.3 Å². The van der Waals surface area contributed by atoms with Gasteiger partial charge in [-0.3, -0.25) is 4.79 Å². The number of halogens is 2. The Morgan fingerprint density at radius 1 is 0.865 bits per heavy atom. The molecule has 7 N–H and O–H groups in total. The molecule has 10 nitrogen and oxygen atoms in total. The Kier molecular flexibility index (Phi) is 12.5. The van der Waals surface area contributed by atoms with Gasteiger partial charge >= 0.3 is 18.0 Å². The first kappa shape index (κ1) is 31.3. The van der Waals surface area contributed by atoms with E-state index in [1.54, 1.807) is 13.1 Å². The second kappa shape index (κ2) is 14.7. The highest BCUT2D eigenvalue weighted by Gasteiger charge is 2.22. The number of nitrogens with one attached hydrogen (secondary N) is 3. The first-order valence-electron chi connectivity index (χ1n) is 11.0. The van der Waals surface area contributed by atoms with Gasteiger partial charge in [-0.2, -0.15) is 0 Å². The lowest BCUT2D eigenvalue weighted by Crippen LogP contribution is -2.42. The van der Waals surface area contributed by atoms with Crippen LogP contribution in [0.15, 0.2) is 60.9 Å². The van der Waals surface area contributed by atoms with E-state index >= 15 is 0 Å². The highest BCUT2D eigenvalue weighted by Crippen LogP contribution is 2.20. The summed E-state index contributed by atoms with van der Waals surface area (Å²) >= 11 is 0. The lowest BCUT2D eigenvalue weighted by molar-refractivity contribution is -0.139. The second-order valence-electron chi connectivity index (χ2n) is 7.83. The van der Waals surface area contributed by atoms with Crippen LogP contribution in [0.25, 0.3) is 21.8 Å². The Bertz CT molecular complexity index is 1320. The van der Waals surface area contributed by atoms with Gasteiger partial charge in [0, 0.05) is 47.0 Å². The number of alkyl carbamates (subject to hydrolysis) is 1. The van der Waals surface area contributed by atoms with Crippen molar-refractivity contribution < 1.29 is 29.3 Å². The molecular weight excluding hydrogens is 523 g/mol. The van der Waals surface area contributed by atoms with E-state index in [0.29, 0.717) is 6.42 Å². The van der Waals surface area contributed by atoms with E-state index in [-0.39, 0.29) is 37.8 Å². The molecule has 200 valence electrons. The molecule has 0 spiro atoms. The van der Waals surface area contributed by atoms with Crippen molar-refractivity contribution in [3.05, 3.63) is 72.1 Å². The number of carbonyl (C=O) groups is 3. The SMILES string of the molecule is CCOC(=O)N[C@@H](Cc1c[nH]c2ccccc12)C(=O)O.Cl.Cl.N[C@@H](Cc1c[nH]c2ccccc12)C(=O)O. The molecule has 0 fully saturated rings. The highest BCUT2D eigenvalue weighted by atomic mass is 35.5. The summed E-state index contributed by atoms with van der Waals surface area (Å²) in [6.07, 6.45) is 3.39. The fourth-order valence-electron chi connectivity index (χ4n) is 3.66. The number of ether oxygens (including phenoxy) is 1. The maximum atomic E-state index is 11.3. The fraction of sp³-hybridized carbons (Fsp3) is 0.240. The van der Waals surface area contributed by atoms with Crippen molar-refractivity contribution in [1.29, 1.82) is 0 Å². The average Bonchev–Trinajstić information content (AvgIpc) is 3.43. The topological polar surface area (TPSA) is 171 Å². The van der Waals surface area contributed by atoms with Crippen molar-refractivity contribution in [3.8, 4) is 0 Å². The minimum Gasteiger partial charge on any atom is -0.480 e. The number of aromatic amines is 2. The molecule has 0 aliphatic heterocycles. The number of hydrogen-bond acceptors (Lipinski definition) is 5. The molecule has 2 aromatic carbocycles. The average molecular weight is 553 g/mol. The zero-order valence-corrected chi connectivity index (χ0v) is 21.6. The number of carboxylic acid groups (broad SMARTS) is 2. The summed E-state index contributed by atoms with van der Waals surface area (Å²) in [5, 5.41) is 22.2. The monoisotopic (exact) mass is 552 g/mol. The number of amides is 1. The molecule has 0 aliphatic rings. The van der Waals surface area contributed by atoms with Crippen LogP contribution in [0.2, 0.25) is 0 Å². The predicted octanol–water partition coefficient (Wildman–Crippen LogP) is 3.88. The summed E-state index contributed by atoms with van der Waals surface area (Å²) in [5.41, 5.74) is 9.21. The Hall–Kier alpha value is -3.73. The van der Waals surface area contributed by atoms with Gasteiger partial charge in [-0.25, -0.2) is 9.59 Å². The molecule has 12 heteroatoms. The molecular formula is C25H30Cl2N4O6. The summed E-state index contributed by atoms with van der Waals surface area (Å²) in [7, 11) is 0. The van der Waals surface area contributed by atoms with Crippen molar-refractivity contribution >= 4 is 64.7 Å². The number of aliphatic carboxylic acids is 2. The highest BCUT2D eigenvalue weighted by molar-refractivity contribution is 5.86. The number of hydrogen-bond donors (Lipinski definition) is 6. The first-order valence-corrected chi connectivity index (χ1v) is 11.0. The Morgan fingerprint density at radius 3 is 1.81 bits per heavy atom. The number of fused-ring (bicyclic) bond motifs is 2. The molecule has 0 saturated heterocycles. The van der Waals surface area contributed by atoms with Crippen LogP contribution < -0.4 is 11.1 Å². The molecule has 37 heavy (non-hydrogen) atoms. The Morgan fingerprint density at radius 2 is 1.35 bits per heavy atom. The van der Waals surface area contributed by atoms with Gasteiger partial charge in [0.25, 0.3) is 0 Å². The van der Waals surface area contributed by atoms with Gasteiger partial charge in [0.2, 0.25) is 0 Å².